The minimum absolute atomic E-state index is 0.381. The second-order valence-electron chi connectivity index (χ2n) is 5.13. The van der Waals surface area contributed by atoms with E-state index >= 15 is 0 Å². The first-order chi connectivity index (χ1) is 9.79. The van der Waals surface area contributed by atoms with E-state index in [0.717, 1.165) is 31.0 Å². The summed E-state index contributed by atoms with van der Waals surface area (Å²) in [6.45, 7) is 5.50. The first-order valence-electron chi connectivity index (χ1n) is 7.10. The molecule has 3 heterocycles. The Balaban J connectivity index is 1.97. The van der Waals surface area contributed by atoms with Crippen LogP contribution in [-0.2, 0) is 0 Å². The van der Waals surface area contributed by atoms with Crippen molar-refractivity contribution in [2.75, 3.05) is 19.6 Å². The number of likely N-dealkylation sites (N-methyl/N-ethyl adjacent to an activating group) is 1. The monoisotopic (exact) mass is 289 g/mol. The maximum absolute atomic E-state index is 5.43. The molecule has 0 amide bonds. The molecule has 2 aromatic rings. The average Bonchev–Trinajstić information content (AvgIpc) is 2.90. The number of likely N-dealkylation sites (tertiary alicyclic amines) is 1. The largest absolute Gasteiger partial charge is 0.302 e. The van der Waals surface area contributed by atoms with Crippen LogP contribution in [-0.4, -0.2) is 44.3 Å². The highest BCUT2D eigenvalue weighted by molar-refractivity contribution is 7.71. The highest BCUT2D eigenvalue weighted by Gasteiger charge is 2.24. The third kappa shape index (κ3) is 2.53. The number of aromatic amines is 1. The standard InChI is InChI=1S/C14H19N5S/c1-2-18-9-5-6-11(10-18)19-13(16-17-14(19)20)12-7-3-4-8-15-12/h3-4,7-8,11H,2,5-6,9-10H2,1H3,(H,17,20). The normalized spacial score (nSPS) is 20.1. The fraction of sp³-hybridized carbons (Fsp3) is 0.500. The van der Waals surface area contributed by atoms with Crippen LogP contribution < -0.4 is 0 Å². The summed E-state index contributed by atoms with van der Waals surface area (Å²) >= 11 is 5.43. The maximum Gasteiger partial charge on any atom is 0.195 e. The number of pyridine rings is 1. The van der Waals surface area contributed by atoms with Gasteiger partial charge in [-0.3, -0.25) is 14.6 Å². The maximum atomic E-state index is 5.43. The number of aromatic nitrogens is 4. The van der Waals surface area contributed by atoms with Gasteiger partial charge in [0.05, 0.1) is 6.04 Å². The van der Waals surface area contributed by atoms with Crippen molar-refractivity contribution in [3.05, 3.63) is 29.2 Å². The van der Waals surface area contributed by atoms with E-state index < -0.39 is 0 Å². The summed E-state index contributed by atoms with van der Waals surface area (Å²) in [6.07, 6.45) is 4.13. The van der Waals surface area contributed by atoms with E-state index in [1.165, 1.54) is 13.0 Å². The minimum Gasteiger partial charge on any atom is -0.302 e. The summed E-state index contributed by atoms with van der Waals surface area (Å²) in [5.74, 6) is 0.846. The van der Waals surface area contributed by atoms with Gasteiger partial charge in [0.25, 0.3) is 0 Å². The molecule has 1 atom stereocenters. The molecule has 1 fully saturated rings. The number of rotatable bonds is 3. The zero-order chi connectivity index (χ0) is 13.9. The molecule has 0 spiro atoms. The molecule has 1 aliphatic heterocycles. The van der Waals surface area contributed by atoms with Crippen LogP contribution in [0.4, 0.5) is 0 Å². The molecule has 1 unspecified atom stereocenters. The molecule has 0 bridgehead atoms. The molecule has 20 heavy (non-hydrogen) atoms. The zero-order valence-corrected chi connectivity index (χ0v) is 12.4. The zero-order valence-electron chi connectivity index (χ0n) is 11.6. The molecule has 5 nitrogen and oxygen atoms in total. The van der Waals surface area contributed by atoms with E-state index in [4.69, 9.17) is 12.2 Å². The van der Waals surface area contributed by atoms with Gasteiger partial charge in [0, 0.05) is 12.7 Å². The van der Waals surface area contributed by atoms with Crippen molar-refractivity contribution in [3.8, 4) is 11.5 Å². The first-order valence-corrected chi connectivity index (χ1v) is 7.51. The van der Waals surface area contributed by atoms with Gasteiger partial charge in [0.2, 0.25) is 0 Å². The fourth-order valence-corrected chi connectivity index (χ4v) is 3.13. The van der Waals surface area contributed by atoms with Crippen molar-refractivity contribution in [1.82, 2.24) is 24.6 Å². The lowest BCUT2D eigenvalue weighted by molar-refractivity contribution is 0.185. The average molecular weight is 289 g/mol. The van der Waals surface area contributed by atoms with Crippen LogP contribution in [0.3, 0.4) is 0 Å². The van der Waals surface area contributed by atoms with Gasteiger partial charge in [-0.1, -0.05) is 13.0 Å². The predicted molar refractivity (Wildman–Crippen MR) is 81.0 cm³/mol. The first kappa shape index (κ1) is 13.5. The summed E-state index contributed by atoms with van der Waals surface area (Å²) in [5, 5.41) is 7.30. The van der Waals surface area contributed by atoms with Gasteiger partial charge in [0.1, 0.15) is 5.69 Å². The Morgan fingerprint density at radius 2 is 2.35 bits per heavy atom. The molecule has 0 aromatic carbocycles. The van der Waals surface area contributed by atoms with Crippen LogP contribution in [0.5, 0.6) is 0 Å². The van der Waals surface area contributed by atoms with Crippen molar-refractivity contribution in [2.45, 2.75) is 25.8 Å². The van der Waals surface area contributed by atoms with Crippen LogP contribution in [0.25, 0.3) is 11.5 Å². The second kappa shape index (κ2) is 5.85. The fourth-order valence-electron chi connectivity index (χ4n) is 2.85. The minimum atomic E-state index is 0.381. The Bertz CT molecular complexity index is 618. The quantitative estimate of drug-likeness (QED) is 0.883. The summed E-state index contributed by atoms with van der Waals surface area (Å²) < 4.78 is 2.83. The molecule has 0 aliphatic carbocycles. The van der Waals surface area contributed by atoms with Gasteiger partial charge >= 0.3 is 0 Å². The van der Waals surface area contributed by atoms with Crippen molar-refractivity contribution in [1.29, 1.82) is 0 Å². The van der Waals surface area contributed by atoms with E-state index in [2.05, 4.69) is 31.6 Å². The molecular formula is C14H19N5S. The van der Waals surface area contributed by atoms with Gasteiger partial charge in [-0.2, -0.15) is 5.10 Å². The lowest BCUT2D eigenvalue weighted by atomic mass is 10.1. The molecular weight excluding hydrogens is 270 g/mol. The Kier molecular flexibility index (Phi) is 3.93. The molecule has 0 saturated carbocycles. The van der Waals surface area contributed by atoms with Crippen LogP contribution >= 0.6 is 12.2 Å². The topological polar surface area (TPSA) is 49.7 Å². The number of hydrogen-bond acceptors (Lipinski definition) is 4. The predicted octanol–water partition coefficient (Wildman–Crippen LogP) is 2.66. The van der Waals surface area contributed by atoms with Crippen molar-refractivity contribution in [3.63, 3.8) is 0 Å². The van der Waals surface area contributed by atoms with Crippen molar-refractivity contribution >= 4 is 12.2 Å². The highest BCUT2D eigenvalue weighted by atomic mass is 32.1. The molecule has 0 radical (unpaired) electrons. The molecule has 1 saturated heterocycles. The summed E-state index contributed by atoms with van der Waals surface area (Å²) in [4.78, 5) is 6.86. The second-order valence-corrected chi connectivity index (χ2v) is 5.51. The summed E-state index contributed by atoms with van der Waals surface area (Å²) in [7, 11) is 0. The Morgan fingerprint density at radius 3 is 3.10 bits per heavy atom. The van der Waals surface area contributed by atoms with Crippen LogP contribution in [0.2, 0.25) is 0 Å². The molecule has 2 aromatic heterocycles. The van der Waals surface area contributed by atoms with Gasteiger partial charge < -0.3 is 4.90 Å². The molecule has 1 aliphatic rings. The van der Waals surface area contributed by atoms with E-state index in [1.54, 1.807) is 6.20 Å². The number of nitrogens with zero attached hydrogens (tertiary/aromatic N) is 4. The van der Waals surface area contributed by atoms with E-state index in [-0.39, 0.29) is 0 Å². The third-order valence-electron chi connectivity index (χ3n) is 3.89. The molecule has 106 valence electrons. The van der Waals surface area contributed by atoms with Gasteiger partial charge in [-0.05, 0) is 50.3 Å². The Morgan fingerprint density at radius 1 is 1.45 bits per heavy atom. The highest BCUT2D eigenvalue weighted by Crippen LogP contribution is 2.26. The van der Waals surface area contributed by atoms with Gasteiger partial charge in [-0.15, -0.1) is 0 Å². The van der Waals surface area contributed by atoms with Crippen LogP contribution in [0, 0.1) is 4.77 Å². The molecule has 1 N–H and O–H groups in total. The van der Waals surface area contributed by atoms with E-state index in [1.807, 2.05) is 18.2 Å². The number of piperidine rings is 1. The number of hydrogen-bond donors (Lipinski definition) is 1. The van der Waals surface area contributed by atoms with Crippen LogP contribution in [0.15, 0.2) is 24.4 Å². The van der Waals surface area contributed by atoms with E-state index in [0.29, 0.717) is 10.8 Å². The van der Waals surface area contributed by atoms with E-state index in [9.17, 15) is 0 Å². The Labute approximate surface area is 123 Å². The lowest BCUT2D eigenvalue weighted by Crippen LogP contribution is -2.36. The molecule has 3 rings (SSSR count). The smallest absolute Gasteiger partial charge is 0.195 e. The van der Waals surface area contributed by atoms with Crippen LogP contribution in [0.1, 0.15) is 25.8 Å². The third-order valence-corrected chi connectivity index (χ3v) is 4.18. The molecule has 6 heteroatoms. The van der Waals surface area contributed by atoms with Crippen molar-refractivity contribution < 1.29 is 0 Å². The Hall–Kier alpha value is -1.53. The number of H-pyrrole nitrogens is 1. The summed E-state index contributed by atoms with van der Waals surface area (Å²) in [6, 6.07) is 6.24. The van der Waals surface area contributed by atoms with Gasteiger partial charge in [0.15, 0.2) is 10.6 Å². The number of nitrogens with one attached hydrogen (secondary N) is 1. The lowest BCUT2D eigenvalue weighted by Gasteiger charge is -2.32. The van der Waals surface area contributed by atoms with Crippen molar-refractivity contribution in [2.24, 2.45) is 0 Å². The SMILES string of the molecule is CCN1CCCC(n2c(-c3ccccn3)n[nH]c2=S)C1. The summed E-state index contributed by atoms with van der Waals surface area (Å²) in [5.41, 5.74) is 0.869. The van der Waals surface area contributed by atoms with Gasteiger partial charge in [-0.25, -0.2) is 0 Å².